The Hall–Kier alpha value is -0.300. The minimum absolute atomic E-state index is 0.220. The van der Waals surface area contributed by atoms with Gasteiger partial charge in [-0.05, 0) is 18.8 Å². The summed E-state index contributed by atoms with van der Waals surface area (Å²) < 4.78 is 0. The molecule has 0 rings (SSSR count). The van der Waals surface area contributed by atoms with Crippen LogP contribution in [0.1, 0.15) is 34.6 Å². The summed E-state index contributed by atoms with van der Waals surface area (Å²) in [6, 6.07) is 0.220. The summed E-state index contributed by atoms with van der Waals surface area (Å²) >= 11 is 0. The highest BCUT2D eigenvalue weighted by molar-refractivity contribution is 5.06. The molecule has 0 aromatic rings. The normalized spacial score (nSPS) is 16.2. The van der Waals surface area contributed by atoms with E-state index < -0.39 is 0 Å². The molecule has 0 aliphatic carbocycles. The summed E-state index contributed by atoms with van der Waals surface area (Å²) in [7, 11) is 0. The Kier molecular flexibility index (Phi) is 4.43. The van der Waals surface area contributed by atoms with Gasteiger partial charge in [-0.15, -0.1) is 0 Å². The summed E-state index contributed by atoms with van der Waals surface area (Å²) in [6.07, 6.45) is 2.18. The summed E-state index contributed by atoms with van der Waals surface area (Å²) in [5.74, 6) is 1.17. The Labute approximate surface area is 70.7 Å². The maximum Gasteiger partial charge on any atom is 0.0249 e. The van der Waals surface area contributed by atoms with Crippen molar-refractivity contribution in [1.82, 2.24) is 0 Å². The molecule has 0 bridgehead atoms. The van der Waals surface area contributed by atoms with E-state index in [9.17, 15) is 0 Å². The van der Waals surface area contributed by atoms with E-state index >= 15 is 0 Å². The molecule has 0 aromatic carbocycles. The van der Waals surface area contributed by atoms with Crippen LogP contribution >= 0.6 is 0 Å². The molecule has 1 nitrogen and oxygen atoms in total. The second kappa shape index (κ2) is 4.55. The Morgan fingerprint density at radius 1 is 1.18 bits per heavy atom. The summed E-state index contributed by atoms with van der Waals surface area (Å²) in [5.41, 5.74) is 7.27. The average Bonchev–Trinajstić information content (AvgIpc) is 1.87. The lowest BCUT2D eigenvalue weighted by Crippen LogP contribution is -2.24. The van der Waals surface area contributed by atoms with E-state index in [4.69, 9.17) is 5.73 Å². The third-order valence-electron chi connectivity index (χ3n) is 2.14. The van der Waals surface area contributed by atoms with E-state index in [1.807, 2.05) is 0 Å². The molecule has 2 N–H and O–H groups in total. The van der Waals surface area contributed by atoms with Crippen LogP contribution in [0.4, 0.5) is 0 Å². The molecule has 1 unspecified atom stereocenters. The number of hydrogen-bond acceptors (Lipinski definition) is 1. The van der Waals surface area contributed by atoms with Gasteiger partial charge in [-0.3, -0.25) is 0 Å². The molecule has 0 aromatic heterocycles. The maximum atomic E-state index is 5.88. The first-order valence-electron chi connectivity index (χ1n) is 4.39. The van der Waals surface area contributed by atoms with Crippen molar-refractivity contribution in [2.24, 2.45) is 17.6 Å². The molecule has 0 fully saturated rings. The highest BCUT2D eigenvalue weighted by Gasteiger charge is 2.05. The van der Waals surface area contributed by atoms with Crippen LogP contribution in [-0.4, -0.2) is 6.04 Å². The predicted molar refractivity (Wildman–Crippen MR) is 51.4 cm³/mol. The highest BCUT2D eigenvalue weighted by atomic mass is 14.6. The third-order valence-corrected chi connectivity index (χ3v) is 2.14. The van der Waals surface area contributed by atoms with E-state index in [1.54, 1.807) is 0 Å². The molecular weight excluding hydrogens is 134 g/mol. The maximum absolute atomic E-state index is 5.88. The molecule has 0 saturated heterocycles. The van der Waals surface area contributed by atoms with Crippen molar-refractivity contribution in [3.63, 3.8) is 0 Å². The zero-order chi connectivity index (χ0) is 9.02. The van der Waals surface area contributed by atoms with E-state index in [2.05, 4.69) is 40.7 Å². The van der Waals surface area contributed by atoms with E-state index in [0.717, 1.165) is 0 Å². The molecule has 0 radical (unpaired) electrons. The van der Waals surface area contributed by atoms with Gasteiger partial charge in [-0.25, -0.2) is 0 Å². The smallest absolute Gasteiger partial charge is 0.0249 e. The van der Waals surface area contributed by atoms with Crippen molar-refractivity contribution in [3.05, 3.63) is 11.6 Å². The third kappa shape index (κ3) is 4.20. The van der Waals surface area contributed by atoms with Gasteiger partial charge in [0, 0.05) is 6.04 Å². The quantitative estimate of drug-likeness (QED) is 0.623. The molecule has 0 saturated carbocycles. The van der Waals surface area contributed by atoms with Crippen molar-refractivity contribution < 1.29 is 0 Å². The standard InChI is InChI=1S/C10H21N/c1-7(2)9(5)6-10(11)8(3)4/h6-8,10H,11H2,1-5H3/b9-6+. The lowest BCUT2D eigenvalue weighted by molar-refractivity contribution is 0.563. The summed E-state index contributed by atoms with van der Waals surface area (Å²) in [5, 5.41) is 0. The van der Waals surface area contributed by atoms with Crippen molar-refractivity contribution >= 4 is 0 Å². The van der Waals surface area contributed by atoms with Crippen molar-refractivity contribution in [2.75, 3.05) is 0 Å². The lowest BCUT2D eigenvalue weighted by Gasteiger charge is -2.13. The molecule has 66 valence electrons. The molecule has 11 heavy (non-hydrogen) atoms. The summed E-state index contributed by atoms with van der Waals surface area (Å²) in [6.45, 7) is 10.8. The largest absolute Gasteiger partial charge is 0.324 e. The number of hydrogen-bond donors (Lipinski definition) is 1. The molecule has 0 aliphatic rings. The molecule has 0 heterocycles. The fourth-order valence-corrected chi connectivity index (χ4v) is 0.688. The van der Waals surface area contributed by atoms with Crippen LogP contribution in [0.5, 0.6) is 0 Å². The minimum Gasteiger partial charge on any atom is -0.324 e. The fraction of sp³-hybridized carbons (Fsp3) is 0.800. The van der Waals surface area contributed by atoms with E-state index in [-0.39, 0.29) is 6.04 Å². The first kappa shape index (κ1) is 10.7. The highest BCUT2D eigenvalue weighted by Crippen LogP contribution is 2.11. The number of nitrogens with two attached hydrogens (primary N) is 1. The number of allylic oxidation sites excluding steroid dienone is 1. The van der Waals surface area contributed by atoms with Gasteiger partial charge in [0.1, 0.15) is 0 Å². The second-order valence-electron chi connectivity index (χ2n) is 3.89. The Balaban J connectivity index is 4.07. The number of rotatable bonds is 3. The predicted octanol–water partition coefficient (Wildman–Crippen LogP) is 2.57. The van der Waals surface area contributed by atoms with Crippen LogP contribution in [0.25, 0.3) is 0 Å². The van der Waals surface area contributed by atoms with Crippen molar-refractivity contribution in [2.45, 2.75) is 40.7 Å². The zero-order valence-electron chi connectivity index (χ0n) is 8.39. The topological polar surface area (TPSA) is 26.0 Å². The van der Waals surface area contributed by atoms with E-state index in [0.29, 0.717) is 11.8 Å². The Morgan fingerprint density at radius 2 is 1.64 bits per heavy atom. The molecular formula is C10H21N. The molecule has 1 atom stereocenters. The first-order valence-corrected chi connectivity index (χ1v) is 4.39. The van der Waals surface area contributed by atoms with Gasteiger partial charge in [-0.1, -0.05) is 39.3 Å². The fourth-order valence-electron chi connectivity index (χ4n) is 0.688. The average molecular weight is 155 g/mol. The molecule has 0 spiro atoms. The van der Waals surface area contributed by atoms with Gasteiger partial charge >= 0.3 is 0 Å². The van der Waals surface area contributed by atoms with Gasteiger partial charge in [0.2, 0.25) is 0 Å². The molecule has 0 amide bonds. The first-order chi connectivity index (χ1) is 4.95. The summed E-state index contributed by atoms with van der Waals surface area (Å²) in [4.78, 5) is 0. The monoisotopic (exact) mass is 155 g/mol. The molecule has 0 aliphatic heterocycles. The molecule has 1 heteroatoms. The van der Waals surface area contributed by atoms with Gasteiger partial charge in [-0.2, -0.15) is 0 Å². The van der Waals surface area contributed by atoms with Crippen molar-refractivity contribution in [1.29, 1.82) is 0 Å². The van der Waals surface area contributed by atoms with Crippen LogP contribution in [0.3, 0.4) is 0 Å². The van der Waals surface area contributed by atoms with Crippen LogP contribution in [0.15, 0.2) is 11.6 Å². The zero-order valence-corrected chi connectivity index (χ0v) is 8.39. The Bertz CT molecular complexity index is 134. The van der Waals surface area contributed by atoms with E-state index in [1.165, 1.54) is 5.57 Å². The van der Waals surface area contributed by atoms with Crippen LogP contribution < -0.4 is 5.73 Å². The van der Waals surface area contributed by atoms with Gasteiger partial charge in [0.15, 0.2) is 0 Å². The Morgan fingerprint density at radius 3 is 1.91 bits per heavy atom. The van der Waals surface area contributed by atoms with Crippen LogP contribution in [0, 0.1) is 11.8 Å². The second-order valence-corrected chi connectivity index (χ2v) is 3.89. The lowest BCUT2D eigenvalue weighted by atomic mass is 9.98. The van der Waals surface area contributed by atoms with Crippen LogP contribution in [-0.2, 0) is 0 Å². The minimum atomic E-state index is 0.220. The van der Waals surface area contributed by atoms with Crippen LogP contribution in [0.2, 0.25) is 0 Å². The van der Waals surface area contributed by atoms with Crippen molar-refractivity contribution in [3.8, 4) is 0 Å². The van der Waals surface area contributed by atoms with Gasteiger partial charge in [0.25, 0.3) is 0 Å². The van der Waals surface area contributed by atoms with Gasteiger partial charge in [0.05, 0.1) is 0 Å². The van der Waals surface area contributed by atoms with Gasteiger partial charge < -0.3 is 5.73 Å². The SMILES string of the molecule is C/C(=C\C(N)C(C)C)C(C)C.